The maximum atomic E-state index is 7.25. The van der Waals surface area contributed by atoms with Crippen molar-refractivity contribution in [3.63, 3.8) is 0 Å². The third-order valence-corrected chi connectivity index (χ3v) is 10.4. The van der Waals surface area contributed by atoms with Crippen LogP contribution in [0.4, 0.5) is 0 Å². The number of rotatable bonds is 9. The number of hydrogen-bond acceptors (Lipinski definition) is 2. The van der Waals surface area contributed by atoms with E-state index >= 15 is 0 Å². The zero-order valence-corrected chi connectivity index (χ0v) is 23.4. The quantitative estimate of drug-likeness (QED) is 0.269. The van der Waals surface area contributed by atoms with Crippen molar-refractivity contribution in [2.75, 3.05) is 0 Å². The van der Waals surface area contributed by atoms with E-state index in [1.54, 1.807) is 0 Å². The van der Waals surface area contributed by atoms with Crippen LogP contribution in [0.3, 0.4) is 0 Å². The van der Waals surface area contributed by atoms with E-state index in [0.29, 0.717) is 17.8 Å². The Bertz CT molecular complexity index is 1260. The SMILES string of the molecule is CC(C)CC(c1ccc(OC(OC23CCC4CC(C2)C43)C2c3ccccc3-c3ccccc32)cc1)C(C)C. The van der Waals surface area contributed by atoms with Gasteiger partial charge in [0, 0.05) is 0 Å². The molecule has 6 atom stereocenters. The first-order valence-electron chi connectivity index (χ1n) is 15.1. The van der Waals surface area contributed by atoms with Gasteiger partial charge in [0.2, 0.25) is 6.29 Å². The first-order valence-corrected chi connectivity index (χ1v) is 15.1. The summed E-state index contributed by atoms with van der Waals surface area (Å²) in [4.78, 5) is 0. The average Bonchev–Trinajstić information content (AvgIpc) is 3.22. The molecule has 0 N–H and O–H groups in total. The Morgan fingerprint density at radius 3 is 2.08 bits per heavy atom. The molecule has 198 valence electrons. The highest BCUT2D eigenvalue weighted by molar-refractivity contribution is 5.79. The van der Waals surface area contributed by atoms with Crippen LogP contribution in [0.5, 0.6) is 5.75 Å². The van der Waals surface area contributed by atoms with Crippen LogP contribution in [0.1, 0.15) is 88.3 Å². The molecule has 0 aliphatic heterocycles. The molecule has 0 radical (unpaired) electrons. The summed E-state index contributed by atoms with van der Waals surface area (Å²) in [5.74, 6) is 5.41. The Morgan fingerprint density at radius 1 is 0.816 bits per heavy atom. The highest BCUT2D eigenvalue weighted by atomic mass is 16.7. The first kappa shape index (κ1) is 24.5. The molecular weight excluding hydrogens is 464 g/mol. The van der Waals surface area contributed by atoms with Crippen LogP contribution in [-0.2, 0) is 4.74 Å². The minimum atomic E-state index is -0.331. The van der Waals surface area contributed by atoms with E-state index in [1.165, 1.54) is 59.9 Å². The average molecular weight is 507 g/mol. The number of ether oxygens (including phenoxy) is 2. The van der Waals surface area contributed by atoms with Gasteiger partial charge in [0.1, 0.15) is 5.75 Å². The Hall–Kier alpha value is -2.58. The molecule has 0 heterocycles. The number of benzene rings is 3. The summed E-state index contributed by atoms with van der Waals surface area (Å²) in [5, 5.41) is 0. The van der Waals surface area contributed by atoms with E-state index in [2.05, 4.69) is 100 Å². The summed E-state index contributed by atoms with van der Waals surface area (Å²) >= 11 is 0. The van der Waals surface area contributed by atoms with Crippen LogP contribution in [-0.4, -0.2) is 11.9 Å². The highest BCUT2D eigenvalue weighted by Crippen LogP contribution is 2.70. The monoisotopic (exact) mass is 506 g/mol. The van der Waals surface area contributed by atoms with Crippen molar-refractivity contribution in [1.82, 2.24) is 0 Å². The zero-order chi connectivity index (χ0) is 26.0. The standard InChI is InChI=1S/C36H42O2/c1-22(2)19-32(23(3)4)24-13-15-27(16-14-24)37-35(38-36-18-17-25-20-26(21-36)34(25)36)33-30-11-7-5-9-28(30)29-10-6-8-12-31(29)33/h5-16,22-23,25-26,32-35H,17-21H2,1-4H3. The Kier molecular flexibility index (Phi) is 5.96. The minimum Gasteiger partial charge on any atom is -0.464 e. The van der Waals surface area contributed by atoms with Crippen molar-refractivity contribution in [1.29, 1.82) is 0 Å². The minimum absolute atomic E-state index is 0.0185. The van der Waals surface area contributed by atoms with Gasteiger partial charge < -0.3 is 9.47 Å². The molecule has 3 aromatic carbocycles. The van der Waals surface area contributed by atoms with E-state index in [-0.39, 0.29) is 17.8 Å². The Labute approximate surface area is 228 Å². The van der Waals surface area contributed by atoms with Gasteiger partial charge >= 0.3 is 0 Å². The van der Waals surface area contributed by atoms with Crippen LogP contribution < -0.4 is 4.74 Å². The molecule has 4 aliphatic carbocycles. The third-order valence-electron chi connectivity index (χ3n) is 10.4. The second-order valence-corrected chi connectivity index (χ2v) is 13.4. The van der Waals surface area contributed by atoms with Gasteiger partial charge in [0.05, 0.1) is 11.5 Å². The molecule has 0 amide bonds. The van der Waals surface area contributed by atoms with E-state index < -0.39 is 0 Å². The topological polar surface area (TPSA) is 18.5 Å². The molecule has 2 nitrogen and oxygen atoms in total. The maximum absolute atomic E-state index is 7.25. The lowest BCUT2D eigenvalue weighted by Gasteiger charge is -2.61. The van der Waals surface area contributed by atoms with Gasteiger partial charge in [-0.3, -0.25) is 0 Å². The smallest absolute Gasteiger partial charge is 0.211 e. The molecule has 6 unspecified atom stereocenters. The van der Waals surface area contributed by atoms with Gasteiger partial charge in [-0.15, -0.1) is 0 Å². The van der Waals surface area contributed by atoms with Crippen molar-refractivity contribution in [2.45, 2.75) is 83.5 Å². The van der Waals surface area contributed by atoms with Crippen molar-refractivity contribution in [3.8, 4) is 16.9 Å². The van der Waals surface area contributed by atoms with Crippen molar-refractivity contribution in [3.05, 3.63) is 89.5 Å². The van der Waals surface area contributed by atoms with E-state index in [4.69, 9.17) is 9.47 Å². The Morgan fingerprint density at radius 2 is 1.47 bits per heavy atom. The molecule has 38 heavy (non-hydrogen) atoms. The van der Waals surface area contributed by atoms with Gasteiger partial charge in [-0.05, 0) is 108 Å². The van der Waals surface area contributed by atoms with E-state index in [1.807, 2.05) is 0 Å². The third kappa shape index (κ3) is 3.86. The maximum Gasteiger partial charge on any atom is 0.211 e. The predicted octanol–water partition coefficient (Wildman–Crippen LogP) is 9.19. The second-order valence-electron chi connectivity index (χ2n) is 13.4. The molecular formula is C36H42O2. The largest absolute Gasteiger partial charge is 0.464 e. The number of fused-ring (bicyclic) bond motifs is 3. The second kappa shape index (κ2) is 9.26. The molecule has 0 aromatic heterocycles. The molecule has 4 aliphatic rings. The Balaban J connectivity index is 1.22. The lowest BCUT2D eigenvalue weighted by molar-refractivity contribution is -0.272. The molecule has 7 rings (SSSR count). The summed E-state index contributed by atoms with van der Waals surface area (Å²) in [7, 11) is 0. The summed E-state index contributed by atoms with van der Waals surface area (Å²) in [5.41, 5.74) is 6.76. The van der Waals surface area contributed by atoms with Crippen LogP contribution in [0, 0.1) is 29.6 Å². The molecule has 3 saturated carbocycles. The highest BCUT2D eigenvalue weighted by Gasteiger charge is 2.68. The van der Waals surface area contributed by atoms with Crippen LogP contribution in [0.15, 0.2) is 72.8 Å². The predicted molar refractivity (Wildman–Crippen MR) is 154 cm³/mol. The molecule has 3 fully saturated rings. The fourth-order valence-corrected chi connectivity index (χ4v) is 8.65. The van der Waals surface area contributed by atoms with Crippen molar-refractivity contribution < 1.29 is 9.47 Å². The molecule has 0 bridgehead atoms. The van der Waals surface area contributed by atoms with Gasteiger partial charge in [-0.2, -0.15) is 0 Å². The molecule has 0 spiro atoms. The molecule has 2 heteroatoms. The van der Waals surface area contributed by atoms with Crippen molar-refractivity contribution >= 4 is 0 Å². The number of hydrogen-bond donors (Lipinski definition) is 0. The normalized spacial score (nSPS) is 28.3. The van der Waals surface area contributed by atoms with Gasteiger partial charge in [-0.25, -0.2) is 0 Å². The van der Waals surface area contributed by atoms with Gasteiger partial charge in [0.25, 0.3) is 0 Å². The fourth-order valence-electron chi connectivity index (χ4n) is 8.65. The lowest BCUT2D eigenvalue weighted by atomic mass is 9.50. The summed E-state index contributed by atoms with van der Waals surface area (Å²) in [6.07, 6.45) is 6.04. The summed E-state index contributed by atoms with van der Waals surface area (Å²) in [6.45, 7) is 9.34. The van der Waals surface area contributed by atoms with Crippen LogP contribution in [0.2, 0.25) is 0 Å². The van der Waals surface area contributed by atoms with Gasteiger partial charge in [-0.1, -0.05) is 88.4 Å². The first-order chi connectivity index (χ1) is 18.4. The van der Waals surface area contributed by atoms with Crippen molar-refractivity contribution in [2.24, 2.45) is 29.6 Å². The fraction of sp³-hybridized carbons (Fsp3) is 0.500. The lowest BCUT2D eigenvalue weighted by Crippen LogP contribution is -2.62. The van der Waals surface area contributed by atoms with Gasteiger partial charge in [0.15, 0.2) is 0 Å². The molecule has 0 saturated heterocycles. The van der Waals surface area contributed by atoms with Crippen LogP contribution >= 0.6 is 0 Å². The van der Waals surface area contributed by atoms with Crippen LogP contribution in [0.25, 0.3) is 11.1 Å². The van der Waals surface area contributed by atoms with E-state index in [9.17, 15) is 0 Å². The summed E-state index contributed by atoms with van der Waals surface area (Å²) < 4.78 is 14.2. The summed E-state index contributed by atoms with van der Waals surface area (Å²) in [6, 6.07) is 26.7. The van der Waals surface area contributed by atoms with E-state index in [0.717, 1.165) is 23.5 Å². The molecule has 3 aromatic rings. The zero-order valence-electron chi connectivity index (χ0n) is 23.4.